The molecule has 0 atom stereocenters. The van der Waals surface area contributed by atoms with E-state index in [0.717, 1.165) is 5.56 Å². The lowest BCUT2D eigenvalue weighted by atomic mass is 10.1. The summed E-state index contributed by atoms with van der Waals surface area (Å²) in [5, 5.41) is 9.02. The summed E-state index contributed by atoms with van der Waals surface area (Å²) in [5.74, 6) is -0.0762. The molecule has 0 unspecified atom stereocenters. The SMILES string of the molecule is Cc1c(Cl)cccc1-n1nc(C(=O)Nc2ccc(Cl)c(Cl)c2)nc1-c1cccc(Cl)c1. The van der Waals surface area contributed by atoms with Gasteiger partial charge in [0.05, 0.1) is 15.7 Å². The van der Waals surface area contributed by atoms with Crippen molar-refractivity contribution < 1.29 is 4.79 Å². The van der Waals surface area contributed by atoms with Crippen molar-refractivity contribution in [1.29, 1.82) is 0 Å². The number of rotatable bonds is 4. The highest BCUT2D eigenvalue weighted by Gasteiger charge is 2.21. The number of carbonyl (C=O) groups excluding carboxylic acids is 1. The molecule has 0 spiro atoms. The third kappa shape index (κ3) is 4.55. The minimum Gasteiger partial charge on any atom is -0.319 e. The van der Waals surface area contributed by atoms with Gasteiger partial charge in [0.1, 0.15) is 0 Å². The molecular formula is C22H14Cl4N4O. The molecule has 4 rings (SSSR count). The fourth-order valence-electron chi connectivity index (χ4n) is 2.98. The minimum atomic E-state index is -0.500. The number of amides is 1. The average Bonchev–Trinajstić information content (AvgIpc) is 3.18. The minimum absolute atomic E-state index is 0.0274. The average molecular weight is 492 g/mol. The number of carbonyl (C=O) groups is 1. The van der Waals surface area contributed by atoms with Gasteiger partial charge in [0.2, 0.25) is 5.82 Å². The molecule has 31 heavy (non-hydrogen) atoms. The van der Waals surface area contributed by atoms with Crippen LogP contribution in [0.4, 0.5) is 5.69 Å². The molecule has 1 heterocycles. The van der Waals surface area contributed by atoms with E-state index in [-0.39, 0.29) is 5.82 Å². The van der Waals surface area contributed by atoms with Gasteiger partial charge in [0.25, 0.3) is 5.91 Å². The monoisotopic (exact) mass is 490 g/mol. The molecule has 9 heteroatoms. The van der Waals surface area contributed by atoms with E-state index >= 15 is 0 Å². The van der Waals surface area contributed by atoms with Crippen molar-refractivity contribution in [2.45, 2.75) is 6.92 Å². The van der Waals surface area contributed by atoms with Gasteiger partial charge in [-0.1, -0.05) is 64.6 Å². The summed E-state index contributed by atoms with van der Waals surface area (Å²) in [6.45, 7) is 1.87. The van der Waals surface area contributed by atoms with Gasteiger partial charge in [-0.25, -0.2) is 9.67 Å². The van der Waals surface area contributed by atoms with Gasteiger partial charge in [-0.15, -0.1) is 5.10 Å². The number of nitrogens with one attached hydrogen (secondary N) is 1. The molecule has 5 nitrogen and oxygen atoms in total. The number of benzene rings is 3. The van der Waals surface area contributed by atoms with E-state index in [1.165, 1.54) is 0 Å². The fourth-order valence-corrected chi connectivity index (χ4v) is 3.64. The van der Waals surface area contributed by atoms with Crippen molar-refractivity contribution in [3.8, 4) is 17.1 Å². The molecule has 156 valence electrons. The zero-order chi connectivity index (χ0) is 22.1. The summed E-state index contributed by atoms with van der Waals surface area (Å²) >= 11 is 24.5. The molecule has 4 aromatic rings. The van der Waals surface area contributed by atoms with Gasteiger partial charge in [-0.3, -0.25) is 4.79 Å². The first-order valence-corrected chi connectivity index (χ1v) is 10.6. The zero-order valence-corrected chi connectivity index (χ0v) is 19.1. The number of anilines is 1. The summed E-state index contributed by atoms with van der Waals surface area (Å²) in [7, 11) is 0. The first kappa shape index (κ1) is 21.7. The second-order valence-corrected chi connectivity index (χ2v) is 8.31. The van der Waals surface area contributed by atoms with Gasteiger partial charge < -0.3 is 5.32 Å². The highest BCUT2D eigenvalue weighted by Crippen LogP contribution is 2.29. The Bertz CT molecular complexity index is 1300. The van der Waals surface area contributed by atoms with E-state index in [1.807, 2.05) is 25.1 Å². The van der Waals surface area contributed by atoms with Gasteiger partial charge in [-0.2, -0.15) is 0 Å². The highest BCUT2D eigenvalue weighted by atomic mass is 35.5. The van der Waals surface area contributed by atoms with Crippen LogP contribution in [0.2, 0.25) is 20.1 Å². The van der Waals surface area contributed by atoms with Crippen LogP contribution in [-0.2, 0) is 0 Å². The second kappa shape index (κ2) is 8.89. The smallest absolute Gasteiger partial charge is 0.295 e. The molecule has 0 aliphatic heterocycles. The Hall–Kier alpha value is -2.57. The van der Waals surface area contributed by atoms with E-state index in [9.17, 15) is 4.79 Å². The molecule has 1 aromatic heterocycles. The molecule has 0 saturated carbocycles. The number of hydrogen-bond acceptors (Lipinski definition) is 3. The molecule has 0 radical (unpaired) electrons. The molecule has 0 saturated heterocycles. The Balaban J connectivity index is 1.80. The summed E-state index contributed by atoms with van der Waals surface area (Å²) in [5.41, 5.74) is 2.67. The maximum absolute atomic E-state index is 12.9. The molecule has 1 amide bonds. The van der Waals surface area contributed by atoms with Crippen LogP contribution in [0.5, 0.6) is 0 Å². The standard InChI is InChI=1S/C22H14Cl4N4O/c1-12-16(24)6-3-7-19(12)30-21(13-4-2-5-14(23)10-13)28-20(29-30)22(31)27-15-8-9-17(25)18(26)11-15/h2-11H,1H3,(H,27,31). The van der Waals surface area contributed by atoms with Crippen molar-refractivity contribution in [3.05, 3.63) is 92.1 Å². The Morgan fingerprint density at radius 3 is 2.42 bits per heavy atom. The molecule has 0 aliphatic rings. The summed E-state index contributed by atoms with van der Waals surface area (Å²) in [6, 6.07) is 17.4. The van der Waals surface area contributed by atoms with Crippen molar-refractivity contribution in [1.82, 2.24) is 14.8 Å². The van der Waals surface area contributed by atoms with Crippen LogP contribution in [0.25, 0.3) is 17.1 Å². The van der Waals surface area contributed by atoms with E-state index in [4.69, 9.17) is 46.4 Å². The van der Waals surface area contributed by atoms with Crippen LogP contribution < -0.4 is 5.32 Å². The molecular weight excluding hydrogens is 478 g/mol. The lowest BCUT2D eigenvalue weighted by molar-refractivity contribution is 0.101. The maximum Gasteiger partial charge on any atom is 0.295 e. The van der Waals surface area contributed by atoms with Crippen LogP contribution in [0.3, 0.4) is 0 Å². The summed E-state index contributed by atoms with van der Waals surface area (Å²) in [4.78, 5) is 17.4. The summed E-state index contributed by atoms with van der Waals surface area (Å²) < 4.78 is 1.58. The Labute approximate surface area is 198 Å². The van der Waals surface area contributed by atoms with Gasteiger partial charge in [0, 0.05) is 21.3 Å². The van der Waals surface area contributed by atoms with Crippen molar-refractivity contribution in [2.24, 2.45) is 0 Å². The molecule has 3 aromatic carbocycles. The second-order valence-electron chi connectivity index (χ2n) is 6.65. The highest BCUT2D eigenvalue weighted by molar-refractivity contribution is 6.42. The van der Waals surface area contributed by atoms with Crippen LogP contribution in [0.1, 0.15) is 16.2 Å². The van der Waals surface area contributed by atoms with Crippen molar-refractivity contribution >= 4 is 58.0 Å². The predicted octanol–water partition coefficient (Wildman–Crippen LogP) is 7.11. The Morgan fingerprint density at radius 1 is 0.903 bits per heavy atom. The Kier molecular flexibility index (Phi) is 6.21. The number of nitrogens with zero attached hydrogens (tertiary/aromatic N) is 3. The molecule has 1 N–H and O–H groups in total. The normalized spacial score (nSPS) is 10.9. The quantitative estimate of drug-likeness (QED) is 0.331. The Morgan fingerprint density at radius 2 is 1.68 bits per heavy atom. The third-order valence-electron chi connectivity index (χ3n) is 4.54. The fraction of sp³-hybridized carbons (Fsp3) is 0.0455. The van der Waals surface area contributed by atoms with Crippen LogP contribution >= 0.6 is 46.4 Å². The van der Waals surface area contributed by atoms with E-state index in [2.05, 4.69) is 15.4 Å². The molecule has 0 fully saturated rings. The largest absolute Gasteiger partial charge is 0.319 e. The maximum atomic E-state index is 12.9. The zero-order valence-electron chi connectivity index (χ0n) is 16.0. The van der Waals surface area contributed by atoms with Crippen LogP contribution in [-0.4, -0.2) is 20.7 Å². The first-order chi connectivity index (χ1) is 14.8. The molecule has 0 bridgehead atoms. The predicted molar refractivity (Wildman–Crippen MR) is 126 cm³/mol. The number of aromatic nitrogens is 3. The number of hydrogen-bond donors (Lipinski definition) is 1. The van der Waals surface area contributed by atoms with E-state index in [1.54, 1.807) is 47.1 Å². The van der Waals surface area contributed by atoms with E-state index < -0.39 is 5.91 Å². The lowest BCUT2D eigenvalue weighted by Crippen LogP contribution is -2.14. The van der Waals surface area contributed by atoms with Crippen molar-refractivity contribution in [3.63, 3.8) is 0 Å². The van der Waals surface area contributed by atoms with Gasteiger partial charge in [0.15, 0.2) is 5.82 Å². The van der Waals surface area contributed by atoms with Crippen LogP contribution in [0, 0.1) is 6.92 Å². The van der Waals surface area contributed by atoms with Crippen LogP contribution in [0.15, 0.2) is 60.7 Å². The topological polar surface area (TPSA) is 59.8 Å². The van der Waals surface area contributed by atoms with Crippen molar-refractivity contribution in [2.75, 3.05) is 5.32 Å². The number of halogens is 4. The summed E-state index contributed by atoms with van der Waals surface area (Å²) in [6.07, 6.45) is 0. The lowest BCUT2D eigenvalue weighted by Gasteiger charge is -2.10. The van der Waals surface area contributed by atoms with Gasteiger partial charge >= 0.3 is 0 Å². The first-order valence-electron chi connectivity index (χ1n) is 9.08. The molecule has 0 aliphatic carbocycles. The van der Waals surface area contributed by atoms with E-state index in [0.29, 0.717) is 42.9 Å². The third-order valence-corrected chi connectivity index (χ3v) is 5.92. The van der Waals surface area contributed by atoms with Gasteiger partial charge in [-0.05, 0) is 55.0 Å².